The van der Waals surface area contributed by atoms with Crippen LogP contribution in [0, 0.1) is 17.3 Å². The van der Waals surface area contributed by atoms with Gasteiger partial charge in [0.05, 0.1) is 0 Å². The van der Waals surface area contributed by atoms with Crippen molar-refractivity contribution in [1.29, 1.82) is 0 Å². The maximum atomic E-state index is 4.08. The van der Waals surface area contributed by atoms with Gasteiger partial charge in [-0.05, 0) is 55.8 Å². The van der Waals surface area contributed by atoms with E-state index in [0.29, 0.717) is 5.41 Å². The van der Waals surface area contributed by atoms with Crippen LogP contribution in [0.5, 0.6) is 0 Å². The molecule has 0 aromatic carbocycles. The Labute approximate surface area is 127 Å². The lowest BCUT2D eigenvalue weighted by molar-refractivity contribution is 0.114. The molecule has 1 heteroatoms. The molecular weight excluding hydrogens is 242 g/mol. The zero-order valence-electron chi connectivity index (χ0n) is 14.4. The van der Waals surface area contributed by atoms with Gasteiger partial charge < -0.3 is 5.32 Å². The monoisotopic (exact) mass is 279 g/mol. The summed E-state index contributed by atoms with van der Waals surface area (Å²) < 4.78 is 0. The van der Waals surface area contributed by atoms with E-state index in [1.165, 1.54) is 64.2 Å². The fraction of sp³-hybridized carbons (Fsp3) is 1.00. The summed E-state index contributed by atoms with van der Waals surface area (Å²) in [5, 5.41) is 4.08. The molecule has 0 aromatic rings. The highest BCUT2D eigenvalue weighted by Crippen LogP contribution is 2.39. The van der Waals surface area contributed by atoms with Crippen molar-refractivity contribution in [2.45, 2.75) is 104 Å². The number of hydrogen-bond donors (Lipinski definition) is 1. The summed E-state index contributed by atoms with van der Waals surface area (Å²) in [6.45, 7) is 9.65. The van der Waals surface area contributed by atoms with Gasteiger partial charge in [-0.3, -0.25) is 0 Å². The highest BCUT2D eigenvalue weighted by atomic mass is 15.0. The Kier molecular flexibility index (Phi) is 5.95. The Morgan fingerprint density at radius 1 is 0.900 bits per heavy atom. The van der Waals surface area contributed by atoms with Crippen molar-refractivity contribution in [2.75, 3.05) is 0 Å². The van der Waals surface area contributed by atoms with Crippen molar-refractivity contribution >= 4 is 0 Å². The molecule has 1 N–H and O–H groups in total. The van der Waals surface area contributed by atoms with Crippen LogP contribution in [-0.2, 0) is 0 Å². The molecule has 2 atom stereocenters. The third kappa shape index (κ3) is 4.48. The molecule has 0 aliphatic heterocycles. The summed E-state index contributed by atoms with van der Waals surface area (Å²) in [5.74, 6) is 1.91. The van der Waals surface area contributed by atoms with Crippen LogP contribution in [0.1, 0.15) is 91.9 Å². The van der Waals surface area contributed by atoms with Gasteiger partial charge in [0.2, 0.25) is 0 Å². The average molecular weight is 280 g/mol. The molecule has 0 bridgehead atoms. The van der Waals surface area contributed by atoms with Crippen LogP contribution in [0.3, 0.4) is 0 Å². The molecule has 0 radical (unpaired) electrons. The van der Waals surface area contributed by atoms with Crippen LogP contribution < -0.4 is 5.32 Å². The largest absolute Gasteiger partial charge is 0.311 e. The molecule has 2 unspecified atom stereocenters. The fourth-order valence-corrected chi connectivity index (χ4v) is 4.70. The molecule has 20 heavy (non-hydrogen) atoms. The van der Waals surface area contributed by atoms with E-state index in [9.17, 15) is 0 Å². The summed E-state index contributed by atoms with van der Waals surface area (Å²) in [7, 11) is 0. The average Bonchev–Trinajstić information content (AvgIpc) is 2.41. The first kappa shape index (κ1) is 16.3. The molecule has 2 aliphatic rings. The van der Waals surface area contributed by atoms with Crippen LogP contribution in [-0.4, -0.2) is 12.1 Å². The quantitative estimate of drug-likeness (QED) is 0.712. The predicted molar refractivity (Wildman–Crippen MR) is 89.0 cm³/mol. The first-order valence-corrected chi connectivity index (χ1v) is 9.26. The second-order valence-corrected chi connectivity index (χ2v) is 8.54. The van der Waals surface area contributed by atoms with Gasteiger partial charge in [0, 0.05) is 12.1 Å². The highest BCUT2D eigenvalue weighted by Gasteiger charge is 2.35. The van der Waals surface area contributed by atoms with Crippen LogP contribution in [0.4, 0.5) is 0 Å². The first-order valence-electron chi connectivity index (χ1n) is 9.26. The molecule has 2 saturated carbocycles. The molecule has 0 spiro atoms. The SMILES string of the molecule is CCCC1CCC(NC2CCCCC2C(C)(C)C)CC1. The van der Waals surface area contributed by atoms with Gasteiger partial charge in [0.1, 0.15) is 0 Å². The number of rotatable bonds is 4. The second kappa shape index (κ2) is 7.29. The van der Waals surface area contributed by atoms with Crippen molar-refractivity contribution in [3.63, 3.8) is 0 Å². The number of hydrogen-bond acceptors (Lipinski definition) is 1. The van der Waals surface area contributed by atoms with Gasteiger partial charge >= 0.3 is 0 Å². The van der Waals surface area contributed by atoms with Crippen molar-refractivity contribution in [1.82, 2.24) is 5.32 Å². The maximum absolute atomic E-state index is 4.08. The molecule has 118 valence electrons. The molecule has 2 rings (SSSR count). The molecule has 0 saturated heterocycles. The van der Waals surface area contributed by atoms with Gasteiger partial charge in [-0.15, -0.1) is 0 Å². The topological polar surface area (TPSA) is 12.0 Å². The second-order valence-electron chi connectivity index (χ2n) is 8.54. The van der Waals surface area contributed by atoms with E-state index in [1.807, 2.05) is 0 Å². The minimum atomic E-state index is 0.470. The van der Waals surface area contributed by atoms with Crippen LogP contribution >= 0.6 is 0 Å². The summed E-state index contributed by atoms with van der Waals surface area (Å²) in [6, 6.07) is 1.60. The lowest BCUT2D eigenvalue weighted by Gasteiger charge is -2.43. The third-order valence-corrected chi connectivity index (χ3v) is 5.87. The van der Waals surface area contributed by atoms with Crippen LogP contribution in [0.25, 0.3) is 0 Å². The summed E-state index contributed by atoms with van der Waals surface area (Å²) in [6.07, 6.45) is 14.4. The molecule has 0 heterocycles. The van der Waals surface area contributed by atoms with E-state index in [-0.39, 0.29) is 0 Å². The lowest BCUT2D eigenvalue weighted by atomic mass is 9.69. The minimum absolute atomic E-state index is 0.470. The van der Waals surface area contributed by atoms with Crippen LogP contribution in [0.2, 0.25) is 0 Å². The van der Waals surface area contributed by atoms with E-state index < -0.39 is 0 Å². The minimum Gasteiger partial charge on any atom is -0.311 e. The van der Waals surface area contributed by atoms with E-state index in [1.54, 1.807) is 0 Å². The zero-order chi connectivity index (χ0) is 14.6. The Hall–Kier alpha value is -0.0400. The Bertz CT molecular complexity index is 270. The summed E-state index contributed by atoms with van der Waals surface area (Å²) >= 11 is 0. The summed E-state index contributed by atoms with van der Waals surface area (Å²) in [4.78, 5) is 0. The smallest absolute Gasteiger partial charge is 0.0103 e. The lowest BCUT2D eigenvalue weighted by Crippen LogP contribution is -2.49. The highest BCUT2D eigenvalue weighted by molar-refractivity contribution is 4.91. The van der Waals surface area contributed by atoms with Gasteiger partial charge in [-0.25, -0.2) is 0 Å². The van der Waals surface area contributed by atoms with Gasteiger partial charge in [0.15, 0.2) is 0 Å². The van der Waals surface area contributed by atoms with Gasteiger partial charge in [-0.2, -0.15) is 0 Å². The van der Waals surface area contributed by atoms with E-state index in [2.05, 4.69) is 33.0 Å². The van der Waals surface area contributed by atoms with Gasteiger partial charge in [-0.1, -0.05) is 53.4 Å². The number of nitrogens with one attached hydrogen (secondary N) is 1. The molecule has 2 aliphatic carbocycles. The maximum Gasteiger partial charge on any atom is 0.0103 e. The third-order valence-electron chi connectivity index (χ3n) is 5.87. The van der Waals surface area contributed by atoms with E-state index in [4.69, 9.17) is 0 Å². The van der Waals surface area contributed by atoms with Crippen molar-refractivity contribution in [2.24, 2.45) is 17.3 Å². The normalized spacial score (nSPS) is 36.0. The summed E-state index contributed by atoms with van der Waals surface area (Å²) in [5.41, 5.74) is 0.470. The Morgan fingerprint density at radius 2 is 1.55 bits per heavy atom. The molecule has 2 fully saturated rings. The predicted octanol–water partition coefficient (Wildman–Crippen LogP) is 5.54. The Balaban J connectivity index is 1.83. The van der Waals surface area contributed by atoms with Crippen LogP contribution in [0.15, 0.2) is 0 Å². The zero-order valence-corrected chi connectivity index (χ0v) is 14.4. The first-order chi connectivity index (χ1) is 9.50. The van der Waals surface area contributed by atoms with Crippen molar-refractivity contribution in [3.8, 4) is 0 Å². The standard InChI is InChI=1S/C19H37N/c1-5-8-15-11-13-16(14-12-15)20-18-10-7-6-9-17(18)19(2,3)4/h15-18,20H,5-14H2,1-4H3. The fourth-order valence-electron chi connectivity index (χ4n) is 4.70. The van der Waals surface area contributed by atoms with E-state index in [0.717, 1.165) is 23.9 Å². The Morgan fingerprint density at radius 3 is 2.15 bits per heavy atom. The molecule has 0 aromatic heterocycles. The molecular formula is C19H37N. The van der Waals surface area contributed by atoms with Crippen molar-refractivity contribution in [3.05, 3.63) is 0 Å². The molecule has 0 amide bonds. The van der Waals surface area contributed by atoms with E-state index >= 15 is 0 Å². The van der Waals surface area contributed by atoms with Crippen molar-refractivity contribution < 1.29 is 0 Å². The molecule has 1 nitrogen and oxygen atoms in total. The van der Waals surface area contributed by atoms with Gasteiger partial charge in [0.25, 0.3) is 0 Å².